The second-order valence-corrected chi connectivity index (χ2v) is 5.47. The minimum absolute atomic E-state index is 0.0709. The molecule has 2 amide bonds. The van der Waals surface area contributed by atoms with Crippen molar-refractivity contribution in [3.8, 4) is 5.69 Å². The van der Waals surface area contributed by atoms with Gasteiger partial charge in [-0.15, -0.1) is 0 Å². The van der Waals surface area contributed by atoms with Gasteiger partial charge in [-0.3, -0.25) is 5.32 Å². The van der Waals surface area contributed by atoms with Crippen LogP contribution in [0.1, 0.15) is 11.3 Å². The maximum absolute atomic E-state index is 13.2. The van der Waals surface area contributed by atoms with Crippen LogP contribution in [0.5, 0.6) is 0 Å². The molecule has 0 unspecified atom stereocenters. The fourth-order valence-electron chi connectivity index (χ4n) is 2.35. The fourth-order valence-corrected chi connectivity index (χ4v) is 2.35. The molecule has 0 saturated heterocycles. The Morgan fingerprint density at radius 3 is 2.56 bits per heavy atom. The number of carbonyl (C=O) groups excluding carboxylic acids is 1. The lowest BCUT2D eigenvalue weighted by molar-refractivity contribution is 0.251. The van der Waals surface area contributed by atoms with Gasteiger partial charge in [-0.25, -0.2) is 18.3 Å². The Bertz CT molecular complexity index is 893. The monoisotopic (exact) mass is 342 g/mol. The number of nitrogens with zero attached hydrogens (tertiary/aromatic N) is 2. The molecule has 3 rings (SSSR count). The number of hydrogen-bond donors (Lipinski definition) is 2. The van der Waals surface area contributed by atoms with Crippen molar-refractivity contribution in [2.45, 2.75) is 13.5 Å². The summed E-state index contributed by atoms with van der Waals surface area (Å²) < 4.78 is 27.7. The lowest BCUT2D eigenvalue weighted by atomic mass is 10.2. The summed E-state index contributed by atoms with van der Waals surface area (Å²) in [5.41, 5.74) is 2.02. The van der Waals surface area contributed by atoms with Crippen LogP contribution in [0.4, 0.5) is 19.4 Å². The van der Waals surface area contributed by atoms with Gasteiger partial charge in [0.15, 0.2) is 11.6 Å². The molecule has 0 aliphatic carbocycles. The number of carbonyl (C=O) groups is 1. The Hall–Kier alpha value is -3.22. The van der Waals surface area contributed by atoms with E-state index in [9.17, 15) is 13.6 Å². The van der Waals surface area contributed by atoms with Crippen molar-refractivity contribution in [3.63, 3.8) is 0 Å². The molecule has 3 aromatic rings. The molecule has 5 nitrogen and oxygen atoms in total. The van der Waals surface area contributed by atoms with Crippen molar-refractivity contribution in [1.29, 1.82) is 0 Å². The third-order valence-corrected chi connectivity index (χ3v) is 3.51. The molecule has 0 atom stereocenters. The molecule has 0 fully saturated rings. The molecule has 0 bridgehead atoms. The molecule has 0 aliphatic heterocycles. The van der Waals surface area contributed by atoms with Crippen LogP contribution in [0.25, 0.3) is 5.69 Å². The Morgan fingerprint density at radius 2 is 1.84 bits per heavy atom. The first-order chi connectivity index (χ1) is 12.0. The number of benzene rings is 2. The van der Waals surface area contributed by atoms with Crippen molar-refractivity contribution in [3.05, 3.63) is 77.5 Å². The van der Waals surface area contributed by atoms with Crippen LogP contribution in [-0.2, 0) is 6.54 Å². The van der Waals surface area contributed by atoms with Crippen LogP contribution in [0.3, 0.4) is 0 Å². The highest BCUT2D eigenvalue weighted by Gasteiger charge is 2.11. The third kappa shape index (κ3) is 4.00. The minimum atomic E-state index is -0.947. The predicted octanol–water partition coefficient (Wildman–Crippen LogP) is 3.78. The third-order valence-electron chi connectivity index (χ3n) is 3.51. The molecule has 1 heterocycles. The SMILES string of the molecule is Cc1cc(NC(=O)NCc2ccc(F)c(F)c2)n(-c2ccccc2)n1. The number of halogens is 2. The number of aromatic nitrogens is 2. The highest BCUT2D eigenvalue weighted by atomic mass is 19.2. The second-order valence-electron chi connectivity index (χ2n) is 5.47. The highest BCUT2D eigenvalue weighted by molar-refractivity contribution is 5.88. The fraction of sp³-hybridized carbons (Fsp3) is 0.111. The molecule has 1 aromatic heterocycles. The summed E-state index contributed by atoms with van der Waals surface area (Å²) >= 11 is 0. The van der Waals surface area contributed by atoms with Gasteiger partial charge in [0.1, 0.15) is 5.82 Å². The number of nitrogens with one attached hydrogen (secondary N) is 2. The van der Waals surface area contributed by atoms with Gasteiger partial charge in [-0.2, -0.15) is 5.10 Å². The number of anilines is 1. The summed E-state index contributed by atoms with van der Waals surface area (Å²) in [5, 5.41) is 9.67. The quantitative estimate of drug-likeness (QED) is 0.758. The van der Waals surface area contributed by atoms with Crippen LogP contribution in [0.2, 0.25) is 0 Å². The Labute approximate surface area is 143 Å². The van der Waals surface area contributed by atoms with E-state index in [1.54, 1.807) is 10.7 Å². The van der Waals surface area contributed by atoms with Gasteiger partial charge in [-0.1, -0.05) is 24.3 Å². The smallest absolute Gasteiger partial charge is 0.320 e. The highest BCUT2D eigenvalue weighted by Crippen LogP contribution is 2.16. The number of urea groups is 1. The first-order valence-corrected chi connectivity index (χ1v) is 7.64. The molecular weight excluding hydrogens is 326 g/mol. The summed E-state index contributed by atoms with van der Waals surface area (Å²) in [6, 6.07) is 14.1. The summed E-state index contributed by atoms with van der Waals surface area (Å²) in [4.78, 5) is 12.1. The molecule has 25 heavy (non-hydrogen) atoms. The van der Waals surface area contributed by atoms with Crippen molar-refractivity contribution in [2.24, 2.45) is 0 Å². The van der Waals surface area contributed by atoms with Crippen LogP contribution >= 0.6 is 0 Å². The Kier molecular flexibility index (Phi) is 4.74. The number of rotatable bonds is 4. The Morgan fingerprint density at radius 1 is 1.08 bits per heavy atom. The van der Waals surface area contributed by atoms with E-state index in [1.165, 1.54) is 6.07 Å². The molecule has 0 saturated carbocycles. The summed E-state index contributed by atoms with van der Waals surface area (Å²) in [5.74, 6) is -1.36. The van der Waals surface area contributed by atoms with Gasteiger partial charge in [-0.05, 0) is 36.8 Å². The zero-order chi connectivity index (χ0) is 17.8. The maximum Gasteiger partial charge on any atom is 0.320 e. The molecule has 0 aliphatic rings. The number of aryl methyl sites for hydroxylation is 1. The first kappa shape index (κ1) is 16.6. The molecular formula is C18H16F2N4O. The van der Waals surface area contributed by atoms with E-state index in [1.807, 2.05) is 37.3 Å². The van der Waals surface area contributed by atoms with Crippen LogP contribution in [0.15, 0.2) is 54.6 Å². The molecule has 7 heteroatoms. The lowest BCUT2D eigenvalue weighted by Gasteiger charge is -2.10. The average molecular weight is 342 g/mol. The van der Waals surface area contributed by atoms with E-state index >= 15 is 0 Å². The zero-order valence-corrected chi connectivity index (χ0v) is 13.5. The molecule has 0 spiro atoms. The topological polar surface area (TPSA) is 59.0 Å². The number of hydrogen-bond acceptors (Lipinski definition) is 2. The van der Waals surface area contributed by atoms with Crippen molar-refractivity contribution >= 4 is 11.8 Å². The summed E-state index contributed by atoms with van der Waals surface area (Å²) in [7, 11) is 0. The van der Waals surface area contributed by atoms with E-state index in [0.717, 1.165) is 23.5 Å². The van der Waals surface area contributed by atoms with Crippen molar-refractivity contribution in [2.75, 3.05) is 5.32 Å². The molecule has 2 N–H and O–H groups in total. The number of para-hydroxylation sites is 1. The van der Waals surface area contributed by atoms with Crippen molar-refractivity contribution < 1.29 is 13.6 Å². The van der Waals surface area contributed by atoms with Gasteiger partial charge in [0.05, 0.1) is 11.4 Å². The van der Waals surface area contributed by atoms with Gasteiger partial charge in [0.25, 0.3) is 0 Å². The normalized spacial score (nSPS) is 10.5. The van der Waals surface area contributed by atoms with Crippen LogP contribution in [-0.4, -0.2) is 15.8 Å². The second kappa shape index (κ2) is 7.12. The summed E-state index contributed by atoms with van der Waals surface area (Å²) in [6.45, 7) is 1.89. The summed E-state index contributed by atoms with van der Waals surface area (Å²) in [6.07, 6.45) is 0. The van der Waals surface area contributed by atoms with E-state index in [2.05, 4.69) is 15.7 Å². The van der Waals surface area contributed by atoms with E-state index in [0.29, 0.717) is 11.4 Å². The Balaban J connectivity index is 1.68. The molecule has 2 aromatic carbocycles. The van der Waals surface area contributed by atoms with E-state index in [-0.39, 0.29) is 6.54 Å². The van der Waals surface area contributed by atoms with Gasteiger partial charge in [0, 0.05) is 12.6 Å². The lowest BCUT2D eigenvalue weighted by Crippen LogP contribution is -2.29. The largest absolute Gasteiger partial charge is 0.334 e. The zero-order valence-electron chi connectivity index (χ0n) is 13.5. The molecule has 0 radical (unpaired) electrons. The van der Waals surface area contributed by atoms with Gasteiger partial charge >= 0.3 is 6.03 Å². The van der Waals surface area contributed by atoms with E-state index < -0.39 is 17.7 Å². The standard InChI is InChI=1S/C18H16F2N4O/c1-12-9-17(24(23-12)14-5-3-2-4-6-14)22-18(25)21-11-13-7-8-15(19)16(20)10-13/h2-10H,11H2,1H3,(H2,21,22,25). The predicted molar refractivity (Wildman–Crippen MR) is 90.5 cm³/mol. The maximum atomic E-state index is 13.2. The van der Waals surface area contributed by atoms with E-state index in [4.69, 9.17) is 0 Å². The number of amides is 2. The van der Waals surface area contributed by atoms with Gasteiger partial charge in [0.2, 0.25) is 0 Å². The van der Waals surface area contributed by atoms with Crippen molar-refractivity contribution in [1.82, 2.24) is 15.1 Å². The minimum Gasteiger partial charge on any atom is -0.334 e. The van der Waals surface area contributed by atoms with Gasteiger partial charge < -0.3 is 5.32 Å². The van der Waals surface area contributed by atoms with Crippen LogP contribution < -0.4 is 10.6 Å². The average Bonchev–Trinajstić information content (AvgIpc) is 2.97. The first-order valence-electron chi connectivity index (χ1n) is 7.64. The van der Waals surface area contributed by atoms with Crippen LogP contribution in [0, 0.1) is 18.6 Å². The molecule has 128 valence electrons.